The summed E-state index contributed by atoms with van der Waals surface area (Å²) >= 11 is 0. The van der Waals surface area contributed by atoms with Gasteiger partial charge >= 0.3 is 0 Å². The van der Waals surface area contributed by atoms with Crippen LogP contribution in [0.25, 0.3) is 0 Å². The van der Waals surface area contributed by atoms with Gasteiger partial charge < -0.3 is 0 Å². The summed E-state index contributed by atoms with van der Waals surface area (Å²) in [6.45, 7) is 17.4. The van der Waals surface area contributed by atoms with Crippen molar-refractivity contribution >= 4 is 0 Å². The Morgan fingerprint density at radius 1 is 0.833 bits per heavy atom. The minimum absolute atomic E-state index is 0.837. The van der Waals surface area contributed by atoms with Gasteiger partial charge in [-0.2, -0.15) is 0 Å². The molecule has 2 saturated carbocycles. The third-order valence-corrected chi connectivity index (χ3v) is 7.07. The molecule has 0 amide bonds. The third-order valence-electron chi connectivity index (χ3n) is 7.07. The van der Waals surface area contributed by atoms with Gasteiger partial charge in [0.25, 0.3) is 0 Å². The first-order valence-corrected chi connectivity index (χ1v) is 8.34. The minimum atomic E-state index is 0.837. The van der Waals surface area contributed by atoms with Gasteiger partial charge in [-0.05, 0) is 66.1 Å². The SMILES string of the molecule is CC(C)C(C)C(C)C1CC(C)C2CC(C)C(C)C21. The lowest BCUT2D eigenvalue weighted by Gasteiger charge is -2.34. The quantitative estimate of drug-likeness (QED) is 0.622. The van der Waals surface area contributed by atoms with Crippen molar-refractivity contribution < 1.29 is 0 Å². The monoisotopic (exact) mass is 250 g/mol. The van der Waals surface area contributed by atoms with Crippen molar-refractivity contribution in [1.82, 2.24) is 0 Å². The van der Waals surface area contributed by atoms with Crippen LogP contribution in [-0.4, -0.2) is 0 Å². The molecule has 0 heterocycles. The highest BCUT2D eigenvalue weighted by Gasteiger charge is 2.51. The zero-order valence-electron chi connectivity index (χ0n) is 13.6. The molecule has 0 aromatic rings. The van der Waals surface area contributed by atoms with Crippen LogP contribution in [0.1, 0.15) is 61.3 Å². The lowest BCUT2D eigenvalue weighted by atomic mass is 9.71. The molecule has 0 bridgehead atoms. The second kappa shape index (κ2) is 5.17. The Bertz CT molecular complexity index is 280. The predicted octanol–water partition coefficient (Wildman–Crippen LogP) is 5.48. The molecular weight excluding hydrogens is 216 g/mol. The molecule has 8 unspecified atom stereocenters. The van der Waals surface area contributed by atoms with E-state index in [1.807, 2.05) is 0 Å². The maximum atomic E-state index is 2.54. The predicted molar refractivity (Wildman–Crippen MR) is 80.4 cm³/mol. The molecule has 0 aromatic carbocycles. The average molecular weight is 250 g/mol. The first kappa shape index (κ1) is 14.4. The Balaban J connectivity index is 2.14. The van der Waals surface area contributed by atoms with Crippen molar-refractivity contribution in [2.45, 2.75) is 61.3 Å². The van der Waals surface area contributed by atoms with E-state index in [1.54, 1.807) is 0 Å². The lowest BCUT2D eigenvalue weighted by Crippen LogP contribution is -2.28. The molecule has 0 saturated heterocycles. The largest absolute Gasteiger partial charge is 0.0625 e. The van der Waals surface area contributed by atoms with Crippen LogP contribution >= 0.6 is 0 Å². The summed E-state index contributed by atoms with van der Waals surface area (Å²) in [5.41, 5.74) is 0. The smallest absolute Gasteiger partial charge is 0.0324 e. The molecule has 2 fully saturated rings. The standard InChI is InChI=1S/C18H34/c1-10(2)13(5)15(7)17-9-12(4)16-8-11(3)14(6)18(16)17/h10-18H,8-9H2,1-7H3. The second-order valence-corrected chi connectivity index (χ2v) is 8.15. The van der Waals surface area contributed by atoms with Crippen LogP contribution in [-0.2, 0) is 0 Å². The molecule has 8 atom stereocenters. The van der Waals surface area contributed by atoms with Crippen LogP contribution in [0.2, 0.25) is 0 Å². The zero-order valence-corrected chi connectivity index (χ0v) is 13.6. The highest BCUT2D eigenvalue weighted by atomic mass is 14.6. The summed E-state index contributed by atoms with van der Waals surface area (Å²) in [6, 6.07) is 0. The number of rotatable bonds is 3. The topological polar surface area (TPSA) is 0 Å². The molecule has 0 spiro atoms. The van der Waals surface area contributed by atoms with E-state index in [-0.39, 0.29) is 0 Å². The first-order chi connectivity index (χ1) is 8.34. The van der Waals surface area contributed by atoms with Gasteiger partial charge in [0.15, 0.2) is 0 Å². The van der Waals surface area contributed by atoms with Gasteiger partial charge in [-0.15, -0.1) is 0 Å². The second-order valence-electron chi connectivity index (χ2n) is 8.15. The van der Waals surface area contributed by atoms with Crippen LogP contribution in [0, 0.1) is 53.3 Å². The van der Waals surface area contributed by atoms with E-state index in [0.29, 0.717) is 0 Å². The van der Waals surface area contributed by atoms with Gasteiger partial charge in [-0.1, -0.05) is 48.5 Å². The first-order valence-electron chi connectivity index (χ1n) is 8.34. The maximum absolute atomic E-state index is 2.54. The average Bonchev–Trinajstić information content (AvgIpc) is 2.78. The summed E-state index contributed by atoms with van der Waals surface area (Å²) in [5, 5.41) is 0. The van der Waals surface area contributed by atoms with Crippen LogP contribution in [0.15, 0.2) is 0 Å². The number of hydrogen-bond donors (Lipinski definition) is 0. The van der Waals surface area contributed by atoms with E-state index < -0.39 is 0 Å². The van der Waals surface area contributed by atoms with Crippen molar-refractivity contribution in [3.63, 3.8) is 0 Å². The summed E-state index contributed by atoms with van der Waals surface area (Å²) in [5.74, 6) is 8.62. The fourth-order valence-corrected chi connectivity index (χ4v) is 5.21. The molecule has 18 heavy (non-hydrogen) atoms. The minimum Gasteiger partial charge on any atom is -0.0625 e. The molecule has 0 nitrogen and oxygen atoms in total. The Morgan fingerprint density at radius 3 is 2.00 bits per heavy atom. The molecule has 0 aromatic heterocycles. The Morgan fingerprint density at radius 2 is 1.44 bits per heavy atom. The summed E-state index contributed by atoms with van der Waals surface area (Å²) in [4.78, 5) is 0. The summed E-state index contributed by atoms with van der Waals surface area (Å²) in [6.07, 6.45) is 3.01. The van der Waals surface area contributed by atoms with Gasteiger partial charge in [-0.3, -0.25) is 0 Å². The Hall–Kier alpha value is 0. The Labute approximate surface area is 115 Å². The van der Waals surface area contributed by atoms with Crippen LogP contribution in [0.5, 0.6) is 0 Å². The fraction of sp³-hybridized carbons (Fsp3) is 1.00. The molecule has 0 aliphatic heterocycles. The van der Waals surface area contributed by atoms with Gasteiger partial charge in [0.2, 0.25) is 0 Å². The maximum Gasteiger partial charge on any atom is -0.0324 e. The normalized spacial score (nSPS) is 47.3. The van der Waals surface area contributed by atoms with Crippen molar-refractivity contribution in [3.05, 3.63) is 0 Å². The number of hydrogen-bond acceptors (Lipinski definition) is 0. The number of fused-ring (bicyclic) bond motifs is 1. The van der Waals surface area contributed by atoms with Crippen LogP contribution in [0.3, 0.4) is 0 Å². The van der Waals surface area contributed by atoms with Crippen molar-refractivity contribution in [2.75, 3.05) is 0 Å². The zero-order chi connectivity index (χ0) is 13.6. The Kier molecular flexibility index (Phi) is 4.14. The van der Waals surface area contributed by atoms with Gasteiger partial charge in [0.05, 0.1) is 0 Å². The molecule has 2 aliphatic carbocycles. The van der Waals surface area contributed by atoms with E-state index in [1.165, 1.54) is 12.8 Å². The highest BCUT2D eigenvalue weighted by molar-refractivity contribution is 5.00. The molecule has 0 radical (unpaired) electrons. The van der Waals surface area contributed by atoms with Crippen LogP contribution < -0.4 is 0 Å². The molecule has 106 valence electrons. The van der Waals surface area contributed by atoms with Crippen LogP contribution in [0.4, 0.5) is 0 Å². The third kappa shape index (κ3) is 2.25. The summed E-state index contributed by atoms with van der Waals surface area (Å²) in [7, 11) is 0. The van der Waals surface area contributed by atoms with Gasteiger partial charge in [0, 0.05) is 0 Å². The van der Waals surface area contributed by atoms with Gasteiger partial charge in [-0.25, -0.2) is 0 Å². The van der Waals surface area contributed by atoms with E-state index >= 15 is 0 Å². The lowest BCUT2D eigenvalue weighted by molar-refractivity contribution is 0.139. The molecule has 0 N–H and O–H groups in total. The summed E-state index contributed by atoms with van der Waals surface area (Å²) < 4.78 is 0. The van der Waals surface area contributed by atoms with Crippen molar-refractivity contribution in [3.8, 4) is 0 Å². The molecule has 2 rings (SSSR count). The molecule has 2 aliphatic rings. The molecular formula is C18H34. The van der Waals surface area contributed by atoms with Crippen molar-refractivity contribution in [2.24, 2.45) is 53.3 Å². The van der Waals surface area contributed by atoms with E-state index in [9.17, 15) is 0 Å². The van der Waals surface area contributed by atoms with Crippen molar-refractivity contribution in [1.29, 1.82) is 0 Å². The fourth-order valence-electron chi connectivity index (χ4n) is 5.21. The van der Waals surface area contributed by atoms with E-state index in [4.69, 9.17) is 0 Å². The highest BCUT2D eigenvalue weighted by Crippen LogP contribution is 2.58. The van der Waals surface area contributed by atoms with E-state index in [2.05, 4.69) is 48.5 Å². The molecule has 0 heteroatoms. The van der Waals surface area contributed by atoms with E-state index in [0.717, 1.165) is 53.3 Å². The van der Waals surface area contributed by atoms with Gasteiger partial charge in [0.1, 0.15) is 0 Å².